The van der Waals surface area contributed by atoms with Gasteiger partial charge in [-0.15, -0.1) is 0 Å². The minimum atomic E-state index is -0.647. The predicted octanol–water partition coefficient (Wildman–Crippen LogP) is 7.88. The summed E-state index contributed by atoms with van der Waals surface area (Å²) in [4.78, 5) is 39.4. The molecule has 7 atom stereocenters. The minimum Gasteiger partial charge on any atom is -0.469 e. The van der Waals surface area contributed by atoms with Crippen molar-refractivity contribution in [2.45, 2.75) is 120 Å². The first-order chi connectivity index (χ1) is 17.9. The summed E-state index contributed by atoms with van der Waals surface area (Å²) in [6, 6.07) is 2.19. The first-order valence-corrected chi connectivity index (χ1v) is 15.2. The average molecular weight is 540 g/mol. The highest BCUT2D eigenvalue weighted by Gasteiger charge is 2.62. The maximum atomic E-state index is 13.4. The highest BCUT2D eigenvalue weighted by molar-refractivity contribution is 6.04. The lowest BCUT2D eigenvalue weighted by atomic mass is 9.41. The normalized spacial score (nSPS) is 38.1. The van der Waals surface area contributed by atoms with Gasteiger partial charge in [0.1, 0.15) is 11.9 Å². The van der Waals surface area contributed by atoms with Crippen LogP contribution in [0, 0.1) is 62.1 Å². The van der Waals surface area contributed by atoms with Crippen molar-refractivity contribution in [1.29, 1.82) is 5.26 Å². The molecule has 0 saturated heterocycles. The van der Waals surface area contributed by atoms with E-state index < -0.39 is 16.2 Å². The molecule has 0 radical (unpaired) electrons. The second-order valence-corrected chi connectivity index (χ2v) is 15.2. The quantitative estimate of drug-likeness (QED) is 0.293. The molecule has 2 unspecified atom stereocenters. The van der Waals surface area contributed by atoms with Crippen molar-refractivity contribution in [2.24, 2.45) is 50.7 Å². The van der Waals surface area contributed by atoms with Gasteiger partial charge in [0.15, 0.2) is 5.78 Å². The standard InChI is InChI=1S/C34H53NO4/c1-11-25(12-15-34(29(38)39-10)17-16-30(4,5)19-22(34)2)32(8)14-13-26-31(6,7)28(37)24(21-35)20-33(26,9)27(32)18-23(3)36/h20,22,25-27H,11-19H2,1-10H3/t22?,25?,26-,27-,32-,33-,34+/m0/s1. The minimum absolute atomic E-state index is 0.0127. The van der Waals surface area contributed by atoms with Gasteiger partial charge in [-0.25, -0.2) is 0 Å². The number of carbonyl (C=O) groups excluding carboxylic acids is 3. The van der Waals surface area contributed by atoms with Crippen LogP contribution in [0.5, 0.6) is 0 Å². The van der Waals surface area contributed by atoms with Gasteiger partial charge in [-0.05, 0) is 91.8 Å². The Kier molecular flexibility index (Phi) is 8.73. The van der Waals surface area contributed by atoms with Gasteiger partial charge < -0.3 is 9.53 Å². The van der Waals surface area contributed by atoms with E-state index in [2.05, 4.69) is 47.6 Å². The Hall–Kier alpha value is -1.96. The zero-order valence-corrected chi connectivity index (χ0v) is 26.3. The maximum absolute atomic E-state index is 13.4. The van der Waals surface area contributed by atoms with Crippen LogP contribution in [0.25, 0.3) is 0 Å². The van der Waals surface area contributed by atoms with Crippen molar-refractivity contribution in [3.05, 3.63) is 11.6 Å². The van der Waals surface area contributed by atoms with E-state index in [1.54, 1.807) is 6.92 Å². The highest BCUT2D eigenvalue weighted by atomic mass is 16.5. The second kappa shape index (κ2) is 10.8. The first kappa shape index (κ1) is 31.6. The number of hydrogen-bond donors (Lipinski definition) is 0. The lowest BCUT2D eigenvalue weighted by Crippen LogP contribution is -2.58. The molecular formula is C34H53NO4. The van der Waals surface area contributed by atoms with E-state index in [-0.39, 0.29) is 51.7 Å². The van der Waals surface area contributed by atoms with Crippen molar-refractivity contribution in [3.63, 3.8) is 0 Å². The highest BCUT2D eigenvalue weighted by Crippen LogP contribution is 2.66. The molecule has 0 heterocycles. The molecule has 3 rings (SSSR count). The largest absolute Gasteiger partial charge is 0.469 e. The average Bonchev–Trinajstić information content (AvgIpc) is 2.84. The molecule has 0 amide bonds. The molecule has 0 N–H and O–H groups in total. The van der Waals surface area contributed by atoms with Crippen LogP contribution >= 0.6 is 0 Å². The van der Waals surface area contributed by atoms with Gasteiger partial charge in [-0.2, -0.15) is 5.26 Å². The molecule has 0 aliphatic heterocycles. The van der Waals surface area contributed by atoms with Gasteiger partial charge in [-0.1, -0.05) is 67.9 Å². The molecule has 3 aliphatic carbocycles. The summed E-state index contributed by atoms with van der Waals surface area (Å²) >= 11 is 0. The van der Waals surface area contributed by atoms with E-state index in [9.17, 15) is 19.6 Å². The number of nitrogens with zero attached hydrogens (tertiary/aromatic N) is 1. The van der Waals surface area contributed by atoms with Crippen LogP contribution in [-0.4, -0.2) is 24.6 Å². The van der Waals surface area contributed by atoms with Crippen molar-refractivity contribution >= 4 is 17.5 Å². The van der Waals surface area contributed by atoms with Crippen LogP contribution in [0.15, 0.2) is 11.6 Å². The fraction of sp³-hybridized carbons (Fsp3) is 0.824. The lowest BCUT2D eigenvalue weighted by Gasteiger charge is -2.62. The predicted molar refractivity (Wildman–Crippen MR) is 154 cm³/mol. The maximum Gasteiger partial charge on any atom is 0.312 e. The van der Waals surface area contributed by atoms with Gasteiger partial charge >= 0.3 is 5.97 Å². The lowest BCUT2D eigenvalue weighted by molar-refractivity contribution is -0.163. The molecule has 5 nitrogen and oxygen atoms in total. The Bertz CT molecular complexity index is 1060. The van der Waals surface area contributed by atoms with Crippen LogP contribution in [0.1, 0.15) is 120 Å². The van der Waals surface area contributed by atoms with Gasteiger partial charge in [0.2, 0.25) is 0 Å². The molecule has 2 saturated carbocycles. The van der Waals surface area contributed by atoms with Gasteiger partial charge in [0.05, 0.1) is 18.1 Å². The second-order valence-electron chi connectivity index (χ2n) is 15.2. The Morgan fingerprint density at radius 1 is 1.13 bits per heavy atom. The third kappa shape index (κ3) is 5.27. The number of esters is 1. The Morgan fingerprint density at radius 2 is 1.77 bits per heavy atom. The summed E-state index contributed by atoms with van der Waals surface area (Å²) in [5.41, 5.74) is -1.25. The number of hydrogen-bond acceptors (Lipinski definition) is 5. The number of nitriles is 1. The fourth-order valence-electron chi connectivity index (χ4n) is 9.77. The third-order valence-corrected chi connectivity index (χ3v) is 12.0. The molecule has 5 heteroatoms. The summed E-state index contributed by atoms with van der Waals surface area (Å²) in [5, 5.41) is 9.90. The van der Waals surface area contributed by atoms with Crippen molar-refractivity contribution in [3.8, 4) is 6.07 Å². The van der Waals surface area contributed by atoms with E-state index in [4.69, 9.17) is 4.74 Å². The monoisotopic (exact) mass is 539 g/mol. The summed E-state index contributed by atoms with van der Waals surface area (Å²) in [6.07, 6.45) is 9.72. The first-order valence-electron chi connectivity index (χ1n) is 15.2. The molecule has 0 aromatic carbocycles. The van der Waals surface area contributed by atoms with Crippen molar-refractivity contribution in [2.75, 3.05) is 7.11 Å². The van der Waals surface area contributed by atoms with Gasteiger partial charge in [0, 0.05) is 11.8 Å². The molecule has 0 spiro atoms. The summed E-state index contributed by atoms with van der Waals surface area (Å²) in [7, 11) is 1.52. The van der Waals surface area contributed by atoms with Gasteiger partial charge in [0.25, 0.3) is 0 Å². The van der Waals surface area contributed by atoms with E-state index in [1.165, 1.54) is 7.11 Å². The molecule has 2 fully saturated rings. The summed E-state index contributed by atoms with van der Waals surface area (Å²) < 4.78 is 5.43. The molecule has 218 valence electrons. The van der Waals surface area contributed by atoms with Crippen LogP contribution in [0.4, 0.5) is 0 Å². The number of ketones is 2. The SMILES string of the molecule is CCC(CC[C@@]1(C(=O)OC)CCC(C)(C)CC1C)[C@]1(C)CC[C@H]2C(C)(C)C(=O)C(C#N)=C[C@]2(C)[C@H]1CC(C)=O. The molecule has 3 aliphatic rings. The molecule has 0 aromatic rings. The van der Waals surface area contributed by atoms with Crippen molar-refractivity contribution < 1.29 is 19.1 Å². The number of methoxy groups -OCH3 is 1. The fourth-order valence-corrected chi connectivity index (χ4v) is 9.77. The Balaban J connectivity index is 2.03. The summed E-state index contributed by atoms with van der Waals surface area (Å²) in [5.74, 6) is 0.646. The van der Waals surface area contributed by atoms with Crippen LogP contribution in [-0.2, 0) is 19.1 Å². The zero-order valence-electron chi connectivity index (χ0n) is 26.3. The number of Topliss-reactive ketones (excluding diaryl/α,β-unsaturated/α-hetero) is 2. The molecule has 39 heavy (non-hydrogen) atoms. The Morgan fingerprint density at radius 3 is 2.28 bits per heavy atom. The zero-order chi connectivity index (χ0) is 29.6. The van der Waals surface area contributed by atoms with Crippen LogP contribution in [0.3, 0.4) is 0 Å². The van der Waals surface area contributed by atoms with Crippen LogP contribution < -0.4 is 0 Å². The van der Waals surface area contributed by atoms with Gasteiger partial charge in [-0.3, -0.25) is 9.59 Å². The molecular weight excluding hydrogens is 486 g/mol. The number of ether oxygens (including phenoxy) is 1. The topological polar surface area (TPSA) is 84.2 Å². The van der Waals surface area contributed by atoms with E-state index in [0.29, 0.717) is 12.3 Å². The van der Waals surface area contributed by atoms with Crippen LogP contribution in [0.2, 0.25) is 0 Å². The third-order valence-electron chi connectivity index (χ3n) is 12.0. The number of rotatable bonds is 8. The molecule has 0 aromatic heterocycles. The van der Waals surface area contributed by atoms with E-state index >= 15 is 0 Å². The number of fused-ring (bicyclic) bond motifs is 1. The van der Waals surface area contributed by atoms with E-state index in [0.717, 1.165) is 51.4 Å². The van der Waals surface area contributed by atoms with E-state index in [1.807, 2.05) is 19.9 Å². The molecule has 0 bridgehead atoms. The number of carbonyl (C=O) groups is 3. The summed E-state index contributed by atoms with van der Waals surface area (Å²) in [6.45, 7) is 19.2. The Labute approximate surface area is 237 Å². The van der Waals surface area contributed by atoms with Crippen molar-refractivity contribution in [1.82, 2.24) is 0 Å². The number of allylic oxidation sites excluding steroid dienone is 2. The smallest absolute Gasteiger partial charge is 0.312 e.